The van der Waals surface area contributed by atoms with Crippen molar-refractivity contribution in [2.75, 3.05) is 12.3 Å². The van der Waals surface area contributed by atoms with Crippen LogP contribution in [0.3, 0.4) is 0 Å². The summed E-state index contributed by atoms with van der Waals surface area (Å²) in [4.78, 5) is 26.9. The molecule has 2 aromatic rings. The van der Waals surface area contributed by atoms with Crippen LogP contribution >= 0.6 is 11.8 Å². The highest BCUT2D eigenvalue weighted by molar-refractivity contribution is 7.99. The minimum atomic E-state index is -0.734. The Morgan fingerprint density at radius 2 is 1.70 bits per heavy atom. The van der Waals surface area contributed by atoms with Gasteiger partial charge in [0.05, 0.1) is 5.75 Å². The summed E-state index contributed by atoms with van der Waals surface area (Å²) in [5.41, 5.74) is 1.26. The van der Waals surface area contributed by atoms with E-state index in [4.69, 9.17) is 0 Å². The fourth-order valence-corrected chi connectivity index (χ4v) is 3.64. The molecule has 1 N–H and O–H groups in total. The van der Waals surface area contributed by atoms with Crippen LogP contribution in [-0.2, 0) is 21.9 Å². The summed E-state index contributed by atoms with van der Waals surface area (Å²) in [7, 11) is 0. The number of hydrogen-bond acceptors (Lipinski definition) is 3. The monoisotopic (exact) mass is 434 g/mol. The molecule has 0 saturated carbocycles. The van der Waals surface area contributed by atoms with Crippen LogP contribution in [0.25, 0.3) is 0 Å². The summed E-state index contributed by atoms with van der Waals surface area (Å²) in [6.45, 7) is 6.14. The molecule has 162 valence electrons. The zero-order valence-corrected chi connectivity index (χ0v) is 18.3. The van der Waals surface area contributed by atoms with Gasteiger partial charge in [-0.05, 0) is 36.6 Å². The van der Waals surface area contributed by atoms with Gasteiger partial charge < -0.3 is 10.2 Å². The largest absolute Gasteiger partial charge is 0.354 e. The Hall–Kier alpha value is -2.41. The quantitative estimate of drug-likeness (QED) is 0.604. The summed E-state index contributed by atoms with van der Waals surface area (Å²) in [5.74, 6) is -0.292. The highest BCUT2D eigenvalue weighted by atomic mass is 32.2. The topological polar surface area (TPSA) is 49.4 Å². The van der Waals surface area contributed by atoms with Crippen molar-refractivity contribution in [3.63, 3.8) is 0 Å². The predicted octanol–water partition coefficient (Wildman–Crippen LogP) is 4.39. The van der Waals surface area contributed by atoms with E-state index in [0.717, 1.165) is 5.56 Å². The van der Waals surface area contributed by atoms with Crippen molar-refractivity contribution in [2.45, 2.75) is 39.1 Å². The van der Waals surface area contributed by atoms with Crippen molar-refractivity contribution < 1.29 is 18.4 Å². The Morgan fingerprint density at radius 1 is 1.03 bits per heavy atom. The van der Waals surface area contributed by atoms with Crippen molar-refractivity contribution in [3.05, 3.63) is 71.3 Å². The molecule has 0 bridgehead atoms. The lowest BCUT2D eigenvalue weighted by atomic mass is 10.1. The number of thioether (sulfide) groups is 1. The molecule has 1 atom stereocenters. The standard InChI is InChI=1S/C23H28F2N2O2S/c1-16(2)12-26-23(29)17(3)27(13-19-6-4-5-7-21(19)25)22(28)15-30-14-18-8-10-20(24)11-9-18/h4-11,16-17H,12-15H2,1-3H3,(H,26,29)/t17-/m0/s1. The van der Waals surface area contributed by atoms with Crippen LogP contribution in [0.5, 0.6) is 0 Å². The van der Waals surface area contributed by atoms with Crippen LogP contribution in [0.4, 0.5) is 8.78 Å². The Kier molecular flexibility index (Phi) is 9.30. The second-order valence-corrected chi connectivity index (χ2v) is 8.53. The third-order valence-electron chi connectivity index (χ3n) is 4.56. The van der Waals surface area contributed by atoms with Crippen LogP contribution in [0.1, 0.15) is 31.9 Å². The normalized spacial score (nSPS) is 11.9. The van der Waals surface area contributed by atoms with E-state index >= 15 is 0 Å². The van der Waals surface area contributed by atoms with Crippen molar-refractivity contribution in [1.29, 1.82) is 0 Å². The Balaban J connectivity index is 2.06. The molecule has 2 rings (SSSR count). The highest BCUT2D eigenvalue weighted by Gasteiger charge is 2.26. The van der Waals surface area contributed by atoms with Crippen LogP contribution in [0.15, 0.2) is 48.5 Å². The Morgan fingerprint density at radius 3 is 2.33 bits per heavy atom. The maximum absolute atomic E-state index is 14.2. The first-order valence-electron chi connectivity index (χ1n) is 9.90. The number of nitrogens with zero attached hydrogens (tertiary/aromatic N) is 1. The lowest BCUT2D eigenvalue weighted by Crippen LogP contribution is -2.48. The van der Waals surface area contributed by atoms with E-state index in [0.29, 0.717) is 17.9 Å². The third kappa shape index (κ3) is 7.44. The molecular weight excluding hydrogens is 406 g/mol. The summed E-state index contributed by atoms with van der Waals surface area (Å²) < 4.78 is 27.2. The van der Waals surface area contributed by atoms with Gasteiger partial charge in [0.2, 0.25) is 11.8 Å². The molecule has 0 spiro atoms. The van der Waals surface area contributed by atoms with Crippen molar-refractivity contribution in [2.24, 2.45) is 5.92 Å². The fourth-order valence-electron chi connectivity index (χ4n) is 2.76. The first kappa shape index (κ1) is 23.9. The van der Waals surface area contributed by atoms with E-state index in [9.17, 15) is 18.4 Å². The van der Waals surface area contributed by atoms with E-state index in [-0.39, 0.29) is 35.8 Å². The van der Waals surface area contributed by atoms with Gasteiger partial charge in [-0.1, -0.05) is 44.2 Å². The molecule has 7 heteroatoms. The van der Waals surface area contributed by atoms with E-state index in [2.05, 4.69) is 5.32 Å². The zero-order chi connectivity index (χ0) is 22.1. The molecular formula is C23H28F2N2O2S. The predicted molar refractivity (Wildman–Crippen MR) is 117 cm³/mol. The first-order chi connectivity index (χ1) is 14.3. The number of hydrogen-bond donors (Lipinski definition) is 1. The molecule has 30 heavy (non-hydrogen) atoms. The van der Waals surface area contributed by atoms with E-state index in [1.54, 1.807) is 37.3 Å². The molecule has 0 unspecified atom stereocenters. The molecule has 4 nitrogen and oxygen atoms in total. The van der Waals surface area contributed by atoms with Gasteiger partial charge in [-0.3, -0.25) is 9.59 Å². The van der Waals surface area contributed by atoms with Crippen molar-refractivity contribution in [3.8, 4) is 0 Å². The maximum atomic E-state index is 14.2. The molecule has 0 aliphatic rings. The minimum Gasteiger partial charge on any atom is -0.354 e. The van der Waals surface area contributed by atoms with Gasteiger partial charge >= 0.3 is 0 Å². The smallest absolute Gasteiger partial charge is 0.242 e. The summed E-state index contributed by atoms with van der Waals surface area (Å²) in [5, 5.41) is 2.84. The maximum Gasteiger partial charge on any atom is 0.242 e. The third-order valence-corrected chi connectivity index (χ3v) is 5.55. The highest BCUT2D eigenvalue weighted by Crippen LogP contribution is 2.17. The van der Waals surface area contributed by atoms with Gasteiger partial charge in [-0.15, -0.1) is 11.8 Å². The number of amides is 2. The number of nitrogens with one attached hydrogen (secondary N) is 1. The molecule has 2 aromatic carbocycles. The summed E-state index contributed by atoms with van der Waals surface area (Å²) in [6, 6.07) is 11.6. The molecule has 0 aliphatic carbocycles. The number of carbonyl (C=O) groups is 2. The van der Waals surface area contributed by atoms with Crippen molar-refractivity contribution >= 4 is 23.6 Å². The Labute approximate surface area is 181 Å². The van der Waals surface area contributed by atoms with E-state index in [1.807, 2.05) is 13.8 Å². The van der Waals surface area contributed by atoms with Gasteiger partial charge in [0.25, 0.3) is 0 Å². The minimum absolute atomic E-state index is 0.0128. The second-order valence-electron chi connectivity index (χ2n) is 7.55. The summed E-state index contributed by atoms with van der Waals surface area (Å²) >= 11 is 1.37. The summed E-state index contributed by atoms with van der Waals surface area (Å²) in [6.07, 6.45) is 0. The molecule has 0 aliphatic heterocycles. The van der Waals surface area contributed by atoms with Gasteiger partial charge in [0.1, 0.15) is 17.7 Å². The average Bonchev–Trinajstić information content (AvgIpc) is 2.72. The molecule has 0 aromatic heterocycles. The van der Waals surface area contributed by atoms with Gasteiger partial charge in [-0.25, -0.2) is 8.78 Å². The van der Waals surface area contributed by atoms with E-state index < -0.39 is 11.9 Å². The lowest BCUT2D eigenvalue weighted by molar-refractivity contribution is -0.138. The van der Waals surface area contributed by atoms with Crippen LogP contribution < -0.4 is 5.32 Å². The zero-order valence-electron chi connectivity index (χ0n) is 17.5. The van der Waals surface area contributed by atoms with Gasteiger partial charge in [0, 0.05) is 24.4 Å². The number of rotatable bonds is 10. The van der Waals surface area contributed by atoms with Crippen LogP contribution in [0.2, 0.25) is 0 Å². The Bertz CT molecular complexity index is 843. The molecule has 0 saturated heterocycles. The molecule has 0 radical (unpaired) electrons. The SMILES string of the molecule is CC(C)CNC(=O)[C@H](C)N(Cc1ccccc1F)C(=O)CSCc1ccc(F)cc1. The molecule has 0 heterocycles. The number of benzene rings is 2. The molecule has 0 fully saturated rings. The number of halogens is 2. The van der Waals surface area contributed by atoms with E-state index in [1.165, 1.54) is 34.9 Å². The lowest BCUT2D eigenvalue weighted by Gasteiger charge is -2.29. The van der Waals surface area contributed by atoms with Gasteiger partial charge in [0.15, 0.2) is 0 Å². The van der Waals surface area contributed by atoms with Gasteiger partial charge in [-0.2, -0.15) is 0 Å². The van der Waals surface area contributed by atoms with Crippen LogP contribution in [0, 0.1) is 17.6 Å². The average molecular weight is 435 g/mol. The van der Waals surface area contributed by atoms with Crippen molar-refractivity contribution in [1.82, 2.24) is 10.2 Å². The first-order valence-corrected chi connectivity index (χ1v) is 11.1. The van der Waals surface area contributed by atoms with Crippen LogP contribution in [-0.4, -0.2) is 35.1 Å². The number of carbonyl (C=O) groups excluding carboxylic acids is 2. The molecule has 2 amide bonds. The fraction of sp³-hybridized carbons (Fsp3) is 0.391. The second kappa shape index (κ2) is 11.7.